The standard InChI is InChI=1S/C22H18FN5O2/c1-14(21-24-13-19(26-21)15-5-3-2-4-6-15)25-22(30)18-11-12-20(29)28(27-18)17-9-7-16(23)8-10-17/h2-14H,1H3,(H,24,26)(H,25,30). The molecule has 4 rings (SSSR count). The van der Waals surface area contributed by atoms with Crippen LogP contribution in [0.4, 0.5) is 4.39 Å². The first-order valence-electron chi connectivity index (χ1n) is 9.29. The number of hydrogen-bond acceptors (Lipinski definition) is 4. The first-order valence-corrected chi connectivity index (χ1v) is 9.29. The number of nitrogens with one attached hydrogen (secondary N) is 2. The smallest absolute Gasteiger partial charge is 0.272 e. The summed E-state index contributed by atoms with van der Waals surface area (Å²) in [5.74, 6) is -0.298. The summed E-state index contributed by atoms with van der Waals surface area (Å²) in [6, 6.07) is 17.2. The van der Waals surface area contributed by atoms with E-state index in [4.69, 9.17) is 0 Å². The molecule has 0 aliphatic heterocycles. The SMILES string of the molecule is CC(NC(=O)c1ccc(=O)n(-c2ccc(F)cc2)n1)c1ncc(-c2ccccc2)[nH]1. The molecule has 0 saturated heterocycles. The monoisotopic (exact) mass is 403 g/mol. The largest absolute Gasteiger partial charge is 0.341 e. The van der Waals surface area contributed by atoms with Crippen LogP contribution in [0.1, 0.15) is 29.3 Å². The van der Waals surface area contributed by atoms with Crippen molar-refractivity contribution >= 4 is 5.91 Å². The number of carbonyl (C=O) groups excluding carboxylic acids is 1. The quantitative estimate of drug-likeness (QED) is 0.535. The summed E-state index contributed by atoms with van der Waals surface area (Å²) in [6.07, 6.45) is 1.71. The summed E-state index contributed by atoms with van der Waals surface area (Å²) < 4.78 is 14.2. The number of amides is 1. The van der Waals surface area contributed by atoms with Gasteiger partial charge < -0.3 is 10.3 Å². The first kappa shape index (κ1) is 19.3. The molecule has 0 saturated carbocycles. The van der Waals surface area contributed by atoms with E-state index in [1.165, 1.54) is 36.4 Å². The van der Waals surface area contributed by atoms with E-state index in [1.807, 2.05) is 30.3 Å². The van der Waals surface area contributed by atoms with Crippen molar-refractivity contribution in [2.24, 2.45) is 0 Å². The molecule has 0 aliphatic rings. The van der Waals surface area contributed by atoms with Gasteiger partial charge in [-0.15, -0.1) is 0 Å². The summed E-state index contributed by atoms with van der Waals surface area (Å²) in [6.45, 7) is 1.79. The Bertz CT molecular complexity index is 1230. The summed E-state index contributed by atoms with van der Waals surface area (Å²) in [5.41, 5.74) is 1.82. The third-order valence-electron chi connectivity index (χ3n) is 4.54. The van der Waals surface area contributed by atoms with Crippen molar-refractivity contribution in [3.05, 3.63) is 101 Å². The van der Waals surface area contributed by atoms with Gasteiger partial charge in [-0.05, 0) is 42.8 Å². The molecular weight excluding hydrogens is 385 g/mol. The van der Waals surface area contributed by atoms with Crippen LogP contribution >= 0.6 is 0 Å². The fraction of sp³-hybridized carbons (Fsp3) is 0.0909. The van der Waals surface area contributed by atoms with Gasteiger partial charge >= 0.3 is 0 Å². The zero-order chi connectivity index (χ0) is 21.1. The lowest BCUT2D eigenvalue weighted by atomic mass is 10.2. The molecule has 0 bridgehead atoms. The van der Waals surface area contributed by atoms with E-state index in [2.05, 4.69) is 20.4 Å². The van der Waals surface area contributed by atoms with Crippen LogP contribution in [-0.4, -0.2) is 25.7 Å². The Balaban J connectivity index is 1.53. The molecule has 2 N–H and O–H groups in total. The molecule has 0 spiro atoms. The van der Waals surface area contributed by atoms with Crippen molar-refractivity contribution in [1.82, 2.24) is 25.1 Å². The molecule has 2 aromatic carbocycles. The number of halogens is 1. The van der Waals surface area contributed by atoms with Crippen LogP contribution < -0.4 is 10.9 Å². The number of hydrogen-bond donors (Lipinski definition) is 2. The van der Waals surface area contributed by atoms with Gasteiger partial charge in [0.2, 0.25) is 0 Å². The van der Waals surface area contributed by atoms with E-state index in [1.54, 1.807) is 13.1 Å². The van der Waals surface area contributed by atoms with Crippen molar-refractivity contribution < 1.29 is 9.18 Å². The van der Waals surface area contributed by atoms with Crippen LogP contribution in [-0.2, 0) is 0 Å². The molecule has 2 aromatic heterocycles. The topological polar surface area (TPSA) is 92.7 Å². The molecule has 4 aromatic rings. The first-order chi connectivity index (χ1) is 14.5. The number of rotatable bonds is 5. The fourth-order valence-electron chi connectivity index (χ4n) is 2.96. The van der Waals surface area contributed by atoms with Gasteiger partial charge in [0, 0.05) is 6.07 Å². The summed E-state index contributed by atoms with van der Waals surface area (Å²) >= 11 is 0. The Labute approximate surface area is 171 Å². The lowest BCUT2D eigenvalue weighted by Crippen LogP contribution is -2.31. The van der Waals surface area contributed by atoms with E-state index in [0.717, 1.165) is 15.9 Å². The lowest BCUT2D eigenvalue weighted by molar-refractivity contribution is 0.0931. The predicted octanol–water partition coefficient (Wildman–Crippen LogP) is 3.25. The number of H-pyrrole nitrogens is 1. The number of aromatic amines is 1. The average Bonchev–Trinajstić information content (AvgIpc) is 3.26. The highest BCUT2D eigenvalue weighted by molar-refractivity contribution is 5.92. The van der Waals surface area contributed by atoms with Crippen LogP contribution in [0.25, 0.3) is 16.9 Å². The number of imidazole rings is 1. The second-order valence-corrected chi connectivity index (χ2v) is 6.69. The Morgan fingerprint density at radius 3 is 2.53 bits per heavy atom. The second-order valence-electron chi connectivity index (χ2n) is 6.69. The zero-order valence-electron chi connectivity index (χ0n) is 16.0. The zero-order valence-corrected chi connectivity index (χ0v) is 16.0. The van der Waals surface area contributed by atoms with E-state index in [9.17, 15) is 14.0 Å². The van der Waals surface area contributed by atoms with Gasteiger partial charge in [0.05, 0.1) is 23.6 Å². The van der Waals surface area contributed by atoms with Gasteiger partial charge in [0.1, 0.15) is 17.3 Å². The molecule has 2 heterocycles. The number of benzene rings is 2. The molecular formula is C22H18FN5O2. The maximum Gasteiger partial charge on any atom is 0.272 e. The van der Waals surface area contributed by atoms with Gasteiger partial charge in [-0.3, -0.25) is 9.59 Å². The number of aromatic nitrogens is 4. The van der Waals surface area contributed by atoms with Crippen LogP contribution in [0.2, 0.25) is 0 Å². The number of nitrogens with zero attached hydrogens (tertiary/aromatic N) is 3. The van der Waals surface area contributed by atoms with Crippen molar-refractivity contribution in [1.29, 1.82) is 0 Å². The lowest BCUT2D eigenvalue weighted by Gasteiger charge is -2.12. The molecule has 30 heavy (non-hydrogen) atoms. The van der Waals surface area contributed by atoms with E-state index < -0.39 is 23.3 Å². The molecule has 0 aliphatic carbocycles. The fourth-order valence-corrected chi connectivity index (χ4v) is 2.96. The number of carbonyl (C=O) groups is 1. The van der Waals surface area contributed by atoms with Gasteiger partial charge in [-0.1, -0.05) is 30.3 Å². The minimum absolute atomic E-state index is 0.0561. The van der Waals surface area contributed by atoms with Crippen LogP contribution in [0.3, 0.4) is 0 Å². The van der Waals surface area contributed by atoms with E-state index in [0.29, 0.717) is 11.5 Å². The van der Waals surface area contributed by atoms with Crippen molar-refractivity contribution in [2.45, 2.75) is 13.0 Å². The van der Waals surface area contributed by atoms with Gasteiger partial charge in [0.25, 0.3) is 11.5 Å². The van der Waals surface area contributed by atoms with Crippen molar-refractivity contribution in [3.63, 3.8) is 0 Å². The highest BCUT2D eigenvalue weighted by atomic mass is 19.1. The molecule has 1 unspecified atom stereocenters. The van der Waals surface area contributed by atoms with Gasteiger partial charge in [0.15, 0.2) is 0 Å². The summed E-state index contributed by atoms with van der Waals surface area (Å²) in [4.78, 5) is 32.3. The molecule has 8 heteroatoms. The third kappa shape index (κ3) is 4.02. The average molecular weight is 403 g/mol. The van der Waals surface area contributed by atoms with E-state index in [-0.39, 0.29) is 5.69 Å². The van der Waals surface area contributed by atoms with Crippen molar-refractivity contribution in [2.75, 3.05) is 0 Å². The second kappa shape index (κ2) is 8.12. The normalized spacial score (nSPS) is 11.8. The predicted molar refractivity (Wildman–Crippen MR) is 110 cm³/mol. The Morgan fingerprint density at radius 2 is 1.80 bits per heavy atom. The van der Waals surface area contributed by atoms with Crippen molar-refractivity contribution in [3.8, 4) is 16.9 Å². The summed E-state index contributed by atoms with van der Waals surface area (Å²) in [7, 11) is 0. The maximum absolute atomic E-state index is 13.1. The van der Waals surface area contributed by atoms with Gasteiger partial charge in [-0.25, -0.2) is 9.37 Å². The summed E-state index contributed by atoms with van der Waals surface area (Å²) in [5, 5.41) is 6.92. The third-order valence-corrected chi connectivity index (χ3v) is 4.54. The molecule has 7 nitrogen and oxygen atoms in total. The minimum atomic E-state index is -0.462. The van der Waals surface area contributed by atoms with E-state index >= 15 is 0 Å². The van der Waals surface area contributed by atoms with Crippen LogP contribution in [0.5, 0.6) is 0 Å². The van der Waals surface area contributed by atoms with Crippen LogP contribution in [0, 0.1) is 5.82 Å². The molecule has 1 atom stereocenters. The Hall–Kier alpha value is -4.07. The highest BCUT2D eigenvalue weighted by Gasteiger charge is 2.17. The Morgan fingerprint density at radius 1 is 1.07 bits per heavy atom. The van der Waals surface area contributed by atoms with Crippen LogP contribution in [0.15, 0.2) is 77.7 Å². The highest BCUT2D eigenvalue weighted by Crippen LogP contribution is 2.19. The molecule has 150 valence electrons. The Kier molecular flexibility index (Phi) is 5.21. The molecule has 1 amide bonds. The molecule has 0 fully saturated rings. The minimum Gasteiger partial charge on any atom is -0.341 e. The van der Waals surface area contributed by atoms with Gasteiger partial charge in [-0.2, -0.15) is 9.78 Å². The molecule has 0 radical (unpaired) electrons. The maximum atomic E-state index is 13.1.